The Kier molecular flexibility index (Phi) is 7.86. The molecule has 7 nitrogen and oxygen atoms in total. The molecule has 1 aliphatic heterocycles. The third-order valence-corrected chi connectivity index (χ3v) is 5.97. The number of morpholine rings is 1. The minimum absolute atomic E-state index is 0.0514. The number of hydrogen-bond donors (Lipinski definition) is 0. The molecule has 3 aromatic rings. The number of carbonyl (C=O) groups excluding carboxylic acids is 1. The third kappa shape index (κ3) is 6.27. The van der Waals surface area contributed by atoms with E-state index in [1.165, 1.54) is 5.56 Å². The van der Waals surface area contributed by atoms with Crippen LogP contribution in [0.3, 0.4) is 0 Å². The predicted molar refractivity (Wildman–Crippen MR) is 128 cm³/mol. The molecule has 33 heavy (non-hydrogen) atoms. The molecule has 1 aromatic heterocycles. The zero-order valence-corrected chi connectivity index (χ0v) is 19.4. The topological polar surface area (TPSA) is 71.7 Å². The highest BCUT2D eigenvalue weighted by atomic mass is 16.5. The molecule has 0 unspecified atom stereocenters. The standard InChI is InChI=1S/C26H32N4O3/c1-20(2)21-8-10-22(11-9-21)26-27-24(33-28-26)12-13-25(31)30(23-6-4-3-5-7-23)15-14-29-16-18-32-19-17-29/h3-11,20H,12-19H2,1-2H3. The number of aromatic nitrogens is 2. The molecule has 1 amide bonds. The number of benzene rings is 2. The third-order valence-electron chi connectivity index (χ3n) is 5.97. The molecule has 0 radical (unpaired) electrons. The van der Waals surface area contributed by atoms with Gasteiger partial charge in [0.2, 0.25) is 17.6 Å². The smallest absolute Gasteiger partial charge is 0.227 e. The van der Waals surface area contributed by atoms with Crippen LogP contribution in [0.4, 0.5) is 5.69 Å². The van der Waals surface area contributed by atoms with Gasteiger partial charge in [-0.2, -0.15) is 4.98 Å². The second-order valence-electron chi connectivity index (χ2n) is 8.62. The SMILES string of the molecule is CC(C)c1ccc(-c2noc(CCC(=O)N(CCN3CCOCC3)c3ccccc3)n2)cc1. The van der Waals surface area contributed by atoms with Crippen molar-refractivity contribution in [1.29, 1.82) is 0 Å². The molecule has 2 aromatic carbocycles. The molecule has 4 rings (SSSR count). The van der Waals surface area contributed by atoms with Crippen molar-refractivity contribution in [2.75, 3.05) is 44.3 Å². The van der Waals surface area contributed by atoms with Gasteiger partial charge in [0.1, 0.15) is 0 Å². The first kappa shape index (κ1) is 23.1. The van der Waals surface area contributed by atoms with Crippen molar-refractivity contribution in [2.24, 2.45) is 0 Å². The lowest BCUT2D eigenvalue weighted by molar-refractivity contribution is -0.118. The van der Waals surface area contributed by atoms with Gasteiger partial charge in [0.25, 0.3) is 0 Å². The van der Waals surface area contributed by atoms with Gasteiger partial charge in [0.05, 0.1) is 13.2 Å². The fourth-order valence-corrected chi connectivity index (χ4v) is 3.91. The summed E-state index contributed by atoms with van der Waals surface area (Å²) in [7, 11) is 0. The van der Waals surface area contributed by atoms with E-state index in [1.807, 2.05) is 47.4 Å². The summed E-state index contributed by atoms with van der Waals surface area (Å²) in [6, 6.07) is 18.0. The molecule has 0 spiro atoms. The molecular weight excluding hydrogens is 416 g/mol. The van der Waals surface area contributed by atoms with Crippen molar-refractivity contribution in [3.63, 3.8) is 0 Å². The fraction of sp³-hybridized carbons (Fsp3) is 0.423. The van der Waals surface area contributed by atoms with Crippen LogP contribution in [0.15, 0.2) is 59.1 Å². The Morgan fingerprint density at radius 1 is 1.06 bits per heavy atom. The first-order valence-corrected chi connectivity index (χ1v) is 11.7. The normalized spacial score (nSPS) is 14.5. The van der Waals surface area contributed by atoms with Crippen LogP contribution < -0.4 is 4.90 Å². The Bertz CT molecular complexity index is 1010. The number of amides is 1. The quantitative estimate of drug-likeness (QED) is 0.490. The Labute approximate surface area is 195 Å². The van der Waals surface area contributed by atoms with Gasteiger partial charge >= 0.3 is 0 Å². The van der Waals surface area contributed by atoms with Gasteiger partial charge in [0, 0.05) is 50.3 Å². The molecule has 0 N–H and O–H groups in total. The second kappa shape index (κ2) is 11.2. The Morgan fingerprint density at radius 3 is 2.48 bits per heavy atom. The maximum absolute atomic E-state index is 13.2. The first-order chi connectivity index (χ1) is 16.1. The molecule has 2 heterocycles. The summed E-state index contributed by atoms with van der Waals surface area (Å²) in [6.45, 7) is 9.09. The number of aryl methyl sites for hydroxylation is 1. The van der Waals surface area contributed by atoms with Gasteiger partial charge in [-0.25, -0.2) is 0 Å². The lowest BCUT2D eigenvalue weighted by Crippen LogP contribution is -2.43. The van der Waals surface area contributed by atoms with E-state index >= 15 is 0 Å². The van der Waals surface area contributed by atoms with Crippen LogP contribution in [0.25, 0.3) is 11.4 Å². The van der Waals surface area contributed by atoms with Gasteiger partial charge in [0.15, 0.2) is 0 Å². The van der Waals surface area contributed by atoms with Crippen molar-refractivity contribution < 1.29 is 14.1 Å². The second-order valence-corrected chi connectivity index (χ2v) is 8.62. The van der Waals surface area contributed by atoms with Crippen molar-refractivity contribution in [3.8, 4) is 11.4 Å². The Hall–Kier alpha value is -3.03. The number of nitrogens with zero attached hydrogens (tertiary/aromatic N) is 4. The molecule has 0 atom stereocenters. The average molecular weight is 449 g/mol. The molecule has 7 heteroatoms. The molecule has 174 valence electrons. The highest BCUT2D eigenvalue weighted by Gasteiger charge is 2.19. The molecule has 0 bridgehead atoms. The summed E-state index contributed by atoms with van der Waals surface area (Å²) < 4.78 is 10.9. The summed E-state index contributed by atoms with van der Waals surface area (Å²) in [5.41, 5.74) is 3.09. The highest BCUT2D eigenvalue weighted by Crippen LogP contribution is 2.21. The van der Waals surface area contributed by atoms with Crippen molar-refractivity contribution >= 4 is 11.6 Å². The average Bonchev–Trinajstić information content (AvgIpc) is 3.33. The van der Waals surface area contributed by atoms with Crippen LogP contribution in [0.2, 0.25) is 0 Å². The lowest BCUT2D eigenvalue weighted by Gasteiger charge is -2.30. The van der Waals surface area contributed by atoms with Gasteiger partial charge < -0.3 is 14.2 Å². The van der Waals surface area contributed by atoms with E-state index in [2.05, 4.69) is 41.0 Å². The summed E-state index contributed by atoms with van der Waals surface area (Å²) in [5.74, 6) is 1.56. The lowest BCUT2D eigenvalue weighted by atomic mass is 10.0. The van der Waals surface area contributed by atoms with Crippen LogP contribution >= 0.6 is 0 Å². The number of hydrogen-bond acceptors (Lipinski definition) is 6. The van der Waals surface area contributed by atoms with E-state index in [-0.39, 0.29) is 5.91 Å². The van der Waals surface area contributed by atoms with E-state index in [9.17, 15) is 4.79 Å². The molecule has 0 aliphatic carbocycles. The van der Waals surface area contributed by atoms with Gasteiger partial charge in [-0.1, -0.05) is 61.5 Å². The zero-order chi connectivity index (χ0) is 23.0. The summed E-state index contributed by atoms with van der Waals surface area (Å²) >= 11 is 0. The van der Waals surface area contributed by atoms with Gasteiger partial charge in [-0.3, -0.25) is 9.69 Å². The molecular formula is C26H32N4O3. The Balaban J connectivity index is 1.37. The number of anilines is 1. The Morgan fingerprint density at radius 2 is 1.79 bits per heavy atom. The van der Waals surface area contributed by atoms with E-state index in [0.717, 1.165) is 44.1 Å². The van der Waals surface area contributed by atoms with Crippen LogP contribution in [0, 0.1) is 0 Å². The van der Waals surface area contributed by atoms with E-state index in [0.29, 0.717) is 37.0 Å². The zero-order valence-electron chi connectivity index (χ0n) is 19.4. The number of ether oxygens (including phenoxy) is 1. The van der Waals surface area contributed by atoms with E-state index in [1.54, 1.807) is 0 Å². The number of rotatable bonds is 9. The number of carbonyl (C=O) groups is 1. The largest absolute Gasteiger partial charge is 0.379 e. The van der Waals surface area contributed by atoms with E-state index < -0.39 is 0 Å². The minimum Gasteiger partial charge on any atom is -0.379 e. The molecule has 1 aliphatic rings. The highest BCUT2D eigenvalue weighted by molar-refractivity contribution is 5.93. The van der Waals surface area contributed by atoms with Crippen molar-refractivity contribution in [1.82, 2.24) is 15.0 Å². The van der Waals surface area contributed by atoms with Crippen LogP contribution in [0.5, 0.6) is 0 Å². The van der Waals surface area contributed by atoms with Crippen molar-refractivity contribution in [3.05, 3.63) is 66.1 Å². The fourth-order valence-electron chi connectivity index (χ4n) is 3.91. The minimum atomic E-state index is 0.0514. The van der Waals surface area contributed by atoms with Gasteiger partial charge in [-0.05, 0) is 23.6 Å². The summed E-state index contributed by atoms with van der Waals surface area (Å²) in [4.78, 5) is 21.9. The monoisotopic (exact) mass is 448 g/mol. The first-order valence-electron chi connectivity index (χ1n) is 11.7. The predicted octanol–water partition coefficient (Wildman–Crippen LogP) is 4.16. The maximum atomic E-state index is 13.2. The molecule has 1 fully saturated rings. The maximum Gasteiger partial charge on any atom is 0.227 e. The van der Waals surface area contributed by atoms with Gasteiger partial charge in [-0.15, -0.1) is 0 Å². The summed E-state index contributed by atoms with van der Waals surface area (Å²) in [6.07, 6.45) is 0.725. The van der Waals surface area contributed by atoms with Crippen LogP contribution in [-0.4, -0.2) is 60.3 Å². The van der Waals surface area contributed by atoms with E-state index in [4.69, 9.17) is 9.26 Å². The van der Waals surface area contributed by atoms with Crippen LogP contribution in [0.1, 0.15) is 37.6 Å². The summed E-state index contributed by atoms with van der Waals surface area (Å²) in [5, 5.41) is 4.11. The number of para-hydroxylation sites is 1. The molecule has 0 saturated carbocycles. The van der Waals surface area contributed by atoms with Crippen molar-refractivity contribution in [2.45, 2.75) is 32.6 Å². The van der Waals surface area contributed by atoms with Crippen LogP contribution in [-0.2, 0) is 16.0 Å². The molecule has 1 saturated heterocycles.